The van der Waals surface area contributed by atoms with E-state index in [0.717, 1.165) is 17.8 Å². The third kappa shape index (κ3) is 2.87. The molecule has 0 amide bonds. The van der Waals surface area contributed by atoms with Gasteiger partial charge in [0.25, 0.3) is 0 Å². The van der Waals surface area contributed by atoms with Gasteiger partial charge in [0.15, 0.2) is 0 Å². The van der Waals surface area contributed by atoms with Crippen LogP contribution in [0.2, 0.25) is 0 Å². The molecule has 0 fully saturated rings. The highest BCUT2D eigenvalue weighted by Crippen LogP contribution is 2.20. The van der Waals surface area contributed by atoms with Gasteiger partial charge in [-0.15, -0.1) is 0 Å². The molecule has 2 aromatic rings. The van der Waals surface area contributed by atoms with Gasteiger partial charge in [0.2, 0.25) is 0 Å². The van der Waals surface area contributed by atoms with Crippen LogP contribution >= 0.6 is 12.2 Å². The third-order valence-electron chi connectivity index (χ3n) is 2.84. The lowest BCUT2D eigenvalue weighted by Crippen LogP contribution is -2.21. The Hall–Kier alpha value is -1.87. The third-order valence-corrected chi connectivity index (χ3v) is 3.06. The Morgan fingerprint density at radius 3 is 2.33 bits per heavy atom. The van der Waals surface area contributed by atoms with Crippen LogP contribution in [0.4, 0.5) is 5.69 Å². The molecule has 0 saturated heterocycles. The zero-order valence-corrected chi connectivity index (χ0v) is 11.2. The van der Waals surface area contributed by atoms with Gasteiger partial charge in [0.05, 0.1) is 0 Å². The van der Waals surface area contributed by atoms with Gasteiger partial charge in [0, 0.05) is 24.8 Å². The Kier molecular flexibility index (Phi) is 3.95. The van der Waals surface area contributed by atoms with Crippen molar-refractivity contribution in [3.05, 3.63) is 65.7 Å². The molecule has 0 aromatic heterocycles. The van der Waals surface area contributed by atoms with E-state index in [4.69, 9.17) is 18.0 Å². The van der Waals surface area contributed by atoms with Gasteiger partial charge in [-0.05, 0) is 17.7 Å². The molecule has 0 bridgehead atoms. The molecule has 2 N–H and O–H groups in total. The quantitative estimate of drug-likeness (QED) is 0.853. The monoisotopic (exact) mass is 256 g/mol. The fourth-order valence-corrected chi connectivity index (χ4v) is 2.13. The van der Waals surface area contributed by atoms with Crippen molar-refractivity contribution in [1.29, 1.82) is 0 Å². The average Bonchev–Trinajstić information content (AvgIpc) is 2.40. The molecule has 0 spiro atoms. The van der Waals surface area contributed by atoms with Crippen LogP contribution in [-0.2, 0) is 6.54 Å². The summed E-state index contributed by atoms with van der Waals surface area (Å²) in [5.41, 5.74) is 9.00. The Morgan fingerprint density at radius 2 is 1.67 bits per heavy atom. The van der Waals surface area contributed by atoms with E-state index in [1.165, 1.54) is 5.56 Å². The molecular weight excluding hydrogens is 240 g/mol. The topological polar surface area (TPSA) is 29.3 Å². The van der Waals surface area contributed by atoms with Crippen molar-refractivity contribution in [1.82, 2.24) is 0 Å². The first-order valence-corrected chi connectivity index (χ1v) is 6.23. The molecule has 18 heavy (non-hydrogen) atoms. The molecular formula is C15H16N2S. The van der Waals surface area contributed by atoms with Gasteiger partial charge in [-0.1, -0.05) is 54.7 Å². The van der Waals surface area contributed by atoms with Crippen LogP contribution in [0.3, 0.4) is 0 Å². The Bertz CT molecular complexity index is 537. The maximum atomic E-state index is 5.75. The fourth-order valence-electron chi connectivity index (χ4n) is 1.96. The molecule has 3 heteroatoms. The van der Waals surface area contributed by atoms with Gasteiger partial charge < -0.3 is 10.6 Å². The number of thiocarbonyl (C=S) groups is 1. The number of benzene rings is 2. The van der Waals surface area contributed by atoms with Crippen molar-refractivity contribution in [3.8, 4) is 0 Å². The van der Waals surface area contributed by atoms with Crippen LogP contribution in [0.1, 0.15) is 11.1 Å². The number of rotatable bonds is 4. The van der Waals surface area contributed by atoms with Crippen LogP contribution in [-0.4, -0.2) is 12.0 Å². The number of anilines is 1. The number of hydrogen-bond acceptors (Lipinski definition) is 2. The predicted octanol–water partition coefficient (Wildman–Crippen LogP) is 2.96. The van der Waals surface area contributed by atoms with Crippen LogP contribution < -0.4 is 10.6 Å². The van der Waals surface area contributed by atoms with E-state index in [9.17, 15) is 0 Å². The SMILES string of the molecule is CN(Cc1ccccc1)c1ccccc1C(N)=S. The number of nitrogens with zero attached hydrogens (tertiary/aromatic N) is 1. The molecule has 0 heterocycles. The molecule has 2 aromatic carbocycles. The lowest BCUT2D eigenvalue weighted by atomic mass is 10.1. The molecule has 0 radical (unpaired) electrons. The van der Waals surface area contributed by atoms with Crippen molar-refractivity contribution in [2.75, 3.05) is 11.9 Å². The van der Waals surface area contributed by atoms with Gasteiger partial charge >= 0.3 is 0 Å². The lowest BCUT2D eigenvalue weighted by Gasteiger charge is -2.22. The second kappa shape index (κ2) is 5.65. The van der Waals surface area contributed by atoms with Crippen LogP contribution in [0, 0.1) is 0 Å². The van der Waals surface area contributed by atoms with Crippen molar-refractivity contribution < 1.29 is 0 Å². The maximum absolute atomic E-state index is 5.75. The summed E-state index contributed by atoms with van der Waals surface area (Å²) in [4.78, 5) is 2.59. The highest BCUT2D eigenvalue weighted by molar-refractivity contribution is 7.80. The van der Waals surface area contributed by atoms with E-state index >= 15 is 0 Å². The molecule has 0 aliphatic rings. The first kappa shape index (κ1) is 12.6. The molecule has 0 aliphatic carbocycles. The van der Waals surface area contributed by atoms with E-state index in [0.29, 0.717) is 4.99 Å². The van der Waals surface area contributed by atoms with Crippen molar-refractivity contribution in [2.24, 2.45) is 5.73 Å². The van der Waals surface area contributed by atoms with Gasteiger partial charge in [-0.3, -0.25) is 0 Å². The standard InChI is InChI=1S/C15H16N2S/c1-17(11-12-7-3-2-4-8-12)14-10-6-5-9-13(14)15(16)18/h2-10H,11H2,1H3,(H2,16,18). The van der Waals surface area contributed by atoms with Crippen molar-refractivity contribution in [3.63, 3.8) is 0 Å². The second-order valence-corrected chi connectivity index (χ2v) is 4.66. The summed E-state index contributed by atoms with van der Waals surface area (Å²) in [5.74, 6) is 0. The minimum Gasteiger partial charge on any atom is -0.389 e. The van der Waals surface area contributed by atoms with Crippen LogP contribution in [0.25, 0.3) is 0 Å². The Balaban J connectivity index is 2.24. The van der Waals surface area contributed by atoms with E-state index < -0.39 is 0 Å². The van der Waals surface area contributed by atoms with E-state index in [1.807, 2.05) is 49.5 Å². The van der Waals surface area contributed by atoms with Gasteiger partial charge in [0.1, 0.15) is 4.99 Å². The highest BCUT2D eigenvalue weighted by Gasteiger charge is 2.08. The smallest absolute Gasteiger partial charge is 0.106 e. The summed E-state index contributed by atoms with van der Waals surface area (Å²) < 4.78 is 0. The molecule has 0 unspecified atom stereocenters. The first-order chi connectivity index (χ1) is 8.68. The minimum absolute atomic E-state index is 0.436. The molecule has 0 atom stereocenters. The molecule has 0 aliphatic heterocycles. The summed E-state index contributed by atoms with van der Waals surface area (Å²) in [6, 6.07) is 18.3. The zero-order chi connectivity index (χ0) is 13.0. The largest absolute Gasteiger partial charge is 0.389 e. The summed E-state index contributed by atoms with van der Waals surface area (Å²) in [6.45, 7) is 0.834. The van der Waals surface area contributed by atoms with Crippen molar-refractivity contribution in [2.45, 2.75) is 6.54 Å². The Morgan fingerprint density at radius 1 is 1.06 bits per heavy atom. The zero-order valence-electron chi connectivity index (χ0n) is 10.3. The summed E-state index contributed by atoms with van der Waals surface area (Å²) >= 11 is 5.08. The number of para-hydroxylation sites is 1. The molecule has 0 saturated carbocycles. The lowest BCUT2D eigenvalue weighted by molar-refractivity contribution is 0.922. The molecule has 92 valence electrons. The summed E-state index contributed by atoms with van der Waals surface area (Å²) in [5, 5.41) is 0. The average molecular weight is 256 g/mol. The van der Waals surface area contributed by atoms with E-state index in [2.05, 4.69) is 17.0 Å². The first-order valence-electron chi connectivity index (χ1n) is 5.82. The summed E-state index contributed by atoms with van der Waals surface area (Å²) in [7, 11) is 2.05. The van der Waals surface area contributed by atoms with Gasteiger partial charge in [-0.2, -0.15) is 0 Å². The fraction of sp³-hybridized carbons (Fsp3) is 0.133. The van der Waals surface area contributed by atoms with E-state index in [1.54, 1.807) is 0 Å². The predicted molar refractivity (Wildman–Crippen MR) is 80.9 cm³/mol. The normalized spacial score (nSPS) is 10.1. The second-order valence-electron chi connectivity index (χ2n) is 4.22. The van der Waals surface area contributed by atoms with Crippen LogP contribution in [0.5, 0.6) is 0 Å². The van der Waals surface area contributed by atoms with Gasteiger partial charge in [-0.25, -0.2) is 0 Å². The number of hydrogen-bond donors (Lipinski definition) is 1. The highest BCUT2D eigenvalue weighted by atomic mass is 32.1. The molecule has 2 nitrogen and oxygen atoms in total. The minimum atomic E-state index is 0.436. The Labute approximate surface area is 113 Å². The van der Waals surface area contributed by atoms with Crippen LogP contribution in [0.15, 0.2) is 54.6 Å². The summed E-state index contributed by atoms with van der Waals surface area (Å²) in [6.07, 6.45) is 0. The number of nitrogens with two attached hydrogens (primary N) is 1. The van der Waals surface area contributed by atoms with E-state index in [-0.39, 0.29) is 0 Å². The molecule has 2 rings (SSSR count). The van der Waals surface area contributed by atoms with Crippen molar-refractivity contribution >= 4 is 22.9 Å². The maximum Gasteiger partial charge on any atom is 0.106 e.